The summed E-state index contributed by atoms with van der Waals surface area (Å²) in [6.45, 7) is 0. The summed E-state index contributed by atoms with van der Waals surface area (Å²) in [5, 5.41) is 4.25. The normalized spacial score (nSPS) is 10.9. The molecule has 0 aromatic heterocycles. The first-order chi connectivity index (χ1) is 12.7. The zero-order valence-corrected chi connectivity index (χ0v) is 15.7. The van der Waals surface area contributed by atoms with Gasteiger partial charge in [-0.3, -0.25) is 10.1 Å². The lowest BCUT2D eigenvalue weighted by molar-refractivity contribution is -0.136. The average molecular weight is 419 g/mol. The predicted octanol–water partition coefficient (Wildman–Crippen LogP) is 4.50. The minimum absolute atomic E-state index is 0.0544. The van der Waals surface area contributed by atoms with Crippen molar-refractivity contribution in [3.05, 3.63) is 52.5 Å². The molecule has 0 saturated heterocycles. The van der Waals surface area contributed by atoms with E-state index >= 15 is 0 Å². The molecular weight excluding hydrogens is 405 g/mol. The fraction of sp³-hybridized carbons (Fsp3) is 0.176. The summed E-state index contributed by atoms with van der Waals surface area (Å²) in [7, 11) is 2.73. The SMILES string of the molecule is COc1cccc(OC)c1C(=O)NC(=S)Nc1ccc(Cl)cc1C(F)(F)F. The number of thiocarbonyl (C=S) groups is 1. The van der Waals surface area contributed by atoms with E-state index in [4.69, 9.17) is 33.3 Å². The molecule has 2 aromatic rings. The molecule has 0 bridgehead atoms. The van der Waals surface area contributed by atoms with Gasteiger partial charge in [0.1, 0.15) is 17.1 Å². The van der Waals surface area contributed by atoms with Crippen LogP contribution in [0.1, 0.15) is 15.9 Å². The second-order valence-electron chi connectivity index (χ2n) is 5.13. The number of hydrogen-bond acceptors (Lipinski definition) is 4. The van der Waals surface area contributed by atoms with Gasteiger partial charge < -0.3 is 14.8 Å². The fourth-order valence-electron chi connectivity index (χ4n) is 2.25. The summed E-state index contributed by atoms with van der Waals surface area (Å²) in [4.78, 5) is 12.5. The number of alkyl halides is 3. The number of anilines is 1. The van der Waals surface area contributed by atoms with Crippen molar-refractivity contribution in [3.8, 4) is 11.5 Å². The lowest BCUT2D eigenvalue weighted by Gasteiger charge is -2.17. The van der Waals surface area contributed by atoms with E-state index in [0.717, 1.165) is 12.1 Å². The number of carbonyl (C=O) groups excluding carboxylic acids is 1. The summed E-state index contributed by atoms with van der Waals surface area (Å²) in [5.74, 6) is -0.265. The van der Waals surface area contributed by atoms with E-state index in [1.807, 2.05) is 0 Å². The van der Waals surface area contributed by atoms with Gasteiger partial charge in [0.25, 0.3) is 5.91 Å². The number of hydrogen-bond donors (Lipinski definition) is 2. The van der Waals surface area contributed by atoms with Crippen molar-refractivity contribution in [1.82, 2.24) is 5.32 Å². The molecule has 0 fully saturated rings. The van der Waals surface area contributed by atoms with Crippen molar-refractivity contribution in [2.24, 2.45) is 0 Å². The van der Waals surface area contributed by atoms with Crippen LogP contribution >= 0.6 is 23.8 Å². The van der Waals surface area contributed by atoms with Crippen molar-refractivity contribution >= 4 is 40.5 Å². The van der Waals surface area contributed by atoms with Crippen LogP contribution in [0, 0.1) is 0 Å². The summed E-state index contributed by atoms with van der Waals surface area (Å²) < 4.78 is 49.7. The van der Waals surface area contributed by atoms with Crippen molar-refractivity contribution in [3.63, 3.8) is 0 Å². The quantitative estimate of drug-likeness (QED) is 0.716. The molecule has 1 amide bonds. The highest BCUT2D eigenvalue weighted by Gasteiger charge is 2.34. The molecule has 0 aliphatic carbocycles. The van der Waals surface area contributed by atoms with Crippen LogP contribution in [0.15, 0.2) is 36.4 Å². The van der Waals surface area contributed by atoms with Gasteiger partial charge in [-0.15, -0.1) is 0 Å². The summed E-state index contributed by atoms with van der Waals surface area (Å²) in [5.41, 5.74) is -1.30. The Morgan fingerprint density at radius 1 is 1.11 bits per heavy atom. The van der Waals surface area contributed by atoms with Crippen LogP contribution in [0.2, 0.25) is 5.02 Å². The van der Waals surface area contributed by atoms with Crippen molar-refractivity contribution in [2.45, 2.75) is 6.18 Å². The Kier molecular flexibility index (Phi) is 6.50. The topological polar surface area (TPSA) is 59.6 Å². The molecule has 2 N–H and O–H groups in total. The molecule has 144 valence electrons. The molecule has 0 radical (unpaired) electrons. The number of nitrogens with one attached hydrogen (secondary N) is 2. The average Bonchev–Trinajstić information content (AvgIpc) is 2.61. The van der Waals surface area contributed by atoms with Crippen molar-refractivity contribution < 1.29 is 27.4 Å². The molecule has 0 heterocycles. The van der Waals surface area contributed by atoms with Crippen LogP contribution in [-0.2, 0) is 6.18 Å². The maximum absolute atomic E-state index is 13.1. The summed E-state index contributed by atoms with van der Waals surface area (Å²) in [6, 6.07) is 7.84. The van der Waals surface area contributed by atoms with Gasteiger partial charge in [0, 0.05) is 5.02 Å². The number of ether oxygens (including phenoxy) is 2. The maximum atomic E-state index is 13.1. The van der Waals surface area contributed by atoms with Crippen LogP contribution in [-0.4, -0.2) is 25.2 Å². The van der Waals surface area contributed by atoms with Crippen LogP contribution in [0.3, 0.4) is 0 Å². The second kappa shape index (κ2) is 8.45. The Morgan fingerprint density at radius 2 is 1.70 bits per heavy atom. The number of rotatable bonds is 4. The molecule has 0 aliphatic rings. The van der Waals surface area contributed by atoms with E-state index in [1.54, 1.807) is 6.07 Å². The number of benzene rings is 2. The van der Waals surface area contributed by atoms with Crippen LogP contribution in [0.4, 0.5) is 18.9 Å². The number of halogens is 4. The minimum atomic E-state index is -4.65. The Balaban J connectivity index is 2.24. The first kappa shape index (κ1) is 20.8. The molecule has 0 saturated carbocycles. The zero-order valence-electron chi connectivity index (χ0n) is 14.1. The van der Waals surface area contributed by atoms with E-state index in [1.165, 1.54) is 32.4 Å². The van der Waals surface area contributed by atoms with E-state index in [-0.39, 0.29) is 32.9 Å². The van der Waals surface area contributed by atoms with Gasteiger partial charge in [-0.05, 0) is 42.5 Å². The van der Waals surface area contributed by atoms with E-state index in [2.05, 4.69) is 10.6 Å². The molecular formula is C17H14ClF3N2O3S. The number of carbonyl (C=O) groups is 1. The highest BCUT2D eigenvalue weighted by atomic mass is 35.5. The third kappa shape index (κ3) is 5.01. The van der Waals surface area contributed by atoms with Gasteiger partial charge in [-0.1, -0.05) is 17.7 Å². The second-order valence-corrected chi connectivity index (χ2v) is 5.98. The molecule has 0 unspecified atom stereocenters. The van der Waals surface area contributed by atoms with Gasteiger partial charge >= 0.3 is 6.18 Å². The Hall–Kier alpha value is -2.52. The molecule has 2 aromatic carbocycles. The minimum Gasteiger partial charge on any atom is -0.496 e. The van der Waals surface area contributed by atoms with Gasteiger partial charge in [0.05, 0.1) is 25.5 Å². The van der Waals surface area contributed by atoms with E-state index < -0.39 is 17.6 Å². The first-order valence-corrected chi connectivity index (χ1v) is 8.16. The molecule has 27 heavy (non-hydrogen) atoms. The summed E-state index contributed by atoms with van der Waals surface area (Å²) >= 11 is 10.6. The molecule has 5 nitrogen and oxygen atoms in total. The largest absolute Gasteiger partial charge is 0.496 e. The molecule has 0 spiro atoms. The highest BCUT2D eigenvalue weighted by molar-refractivity contribution is 7.80. The number of methoxy groups -OCH3 is 2. The lowest BCUT2D eigenvalue weighted by Crippen LogP contribution is -2.35. The molecule has 10 heteroatoms. The van der Waals surface area contributed by atoms with E-state index in [9.17, 15) is 18.0 Å². The Bertz CT molecular complexity index is 853. The van der Waals surface area contributed by atoms with Crippen molar-refractivity contribution in [2.75, 3.05) is 19.5 Å². The standard InChI is InChI=1S/C17H14ClF3N2O3S/c1-25-12-4-3-5-13(26-2)14(12)15(24)23-16(27)22-11-7-6-9(18)8-10(11)17(19,20)21/h3-8H,1-2H3,(H2,22,23,24,27). The Labute approximate surface area is 163 Å². The van der Waals surface area contributed by atoms with Crippen LogP contribution < -0.4 is 20.1 Å². The summed E-state index contributed by atoms with van der Waals surface area (Å²) in [6.07, 6.45) is -4.65. The van der Waals surface area contributed by atoms with Crippen LogP contribution in [0.5, 0.6) is 11.5 Å². The predicted molar refractivity (Wildman–Crippen MR) is 99.7 cm³/mol. The van der Waals surface area contributed by atoms with Gasteiger partial charge in [-0.25, -0.2) is 0 Å². The molecule has 0 atom stereocenters. The smallest absolute Gasteiger partial charge is 0.418 e. The third-order valence-corrected chi connectivity index (χ3v) is 3.86. The lowest BCUT2D eigenvalue weighted by atomic mass is 10.1. The fourth-order valence-corrected chi connectivity index (χ4v) is 2.63. The van der Waals surface area contributed by atoms with Gasteiger partial charge in [0.15, 0.2) is 5.11 Å². The first-order valence-electron chi connectivity index (χ1n) is 7.37. The number of amides is 1. The highest BCUT2D eigenvalue weighted by Crippen LogP contribution is 2.36. The molecule has 2 rings (SSSR count). The zero-order chi connectivity index (χ0) is 20.2. The Morgan fingerprint density at radius 3 is 2.22 bits per heavy atom. The third-order valence-electron chi connectivity index (χ3n) is 3.42. The molecule has 0 aliphatic heterocycles. The van der Waals surface area contributed by atoms with Gasteiger partial charge in [0.2, 0.25) is 0 Å². The maximum Gasteiger partial charge on any atom is 0.418 e. The van der Waals surface area contributed by atoms with Crippen molar-refractivity contribution in [1.29, 1.82) is 0 Å². The van der Waals surface area contributed by atoms with E-state index in [0.29, 0.717) is 0 Å². The van der Waals surface area contributed by atoms with Gasteiger partial charge in [-0.2, -0.15) is 13.2 Å². The monoisotopic (exact) mass is 418 g/mol. The van der Waals surface area contributed by atoms with Crippen LogP contribution in [0.25, 0.3) is 0 Å².